The van der Waals surface area contributed by atoms with Gasteiger partial charge in [-0.2, -0.15) is 18.3 Å². The molecule has 146 valence electrons. The number of aromatic nitrogens is 2. The summed E-state index contributed by atoms with van der Waals surface area (Å²) in [5.41, 5.74) is -0.285. The van der Waals surface area contributed by atoms with Crippen molar-refractivity contribution < 1.29 is 22.7 Å². The molecule has 6 nitrogen and oxygen atoms in total. The van der Waals surface area contributed by atoms with Gasteiger partial charge in [-0.15, -0.1) is 0 Å². The summed E-state index contributed by atoms with van der Waals surface area (Å²) in [6.45, 7) is 5.92. The summed E-state index contributed by atoms with van der Waals surface area (Å²) in [5, 5.41) is 6.59. The summed E-state index contributed by atoms with van der Waals surface area (Å²) in [7, 11) is 0. The zero-order valence-corrected chi connectivity index (χ0v) is 14.9. The zero-order valence-electron chi connectivity index (χ0n) is 14.9. The second kappa shape index (κ2) is 7.96. The van der Waals surface area contributed by atoms with E-state index in [0.717, 1.165) is 38.5 Å². The standard InChI is InChI=1S/C17H25F3N4O2/c1-12(11-23-6-8-26-9-7-23)21-16(25)4-5-24-14(13-2-3-13)10-15(22-24)17(18,19)20/h10,12-13H,2-9,11H2,1H3,(H,21,25)/t12-/m0/s1. The van der Waals surface area contributed by atoms with Crippen LogP contribution in [0.4, 0.5) is 13.2 Å². The van der Waals surface area contributed by atoms with Crippen LogP contribution in [0.3, 0.4) is 0 Å². The summed E-state index contributed by atoms with van der Waals surface area (Å²) in [4.78, 5) is 14.4. The fourth-order valence-electron chi connectivity index (χ4n) is 3.23. The van der Waals surface area contributed by atoms with E-state index < -0.39 is 11.9 Å². The Kier molecular flexibility index (Phi) is 5.86. The molecule has 9 heteroatoms. The highest BCUT2D eigenvalue weighted by Gasteiger charge is 2.37. The Hall–Kier alpha value is -1.61. The van der Waals surface area contributed by atoms with Crippen LogP contribution in [0.1, 0.15) is 43.5 Å². The summed E-state index contributed by atoms with van der Waals surface area (Å²) in [5.74, 6) is -0.0292. The van der Waals surface area contributed by atoms with Crippen molar-refractivity contribution in [3.05, 3.63) is 17.5 Å². The van der Waals surface area contributed by atoms with Crippen LogP contribution in [0, 0.1) is 0 Å². The Labute approximate surface area is 150 Å². The smallest absolute Gasteiger partial charge is 0.379 e. The number of amides is 1. The quantitative estimate of drug-likeness (QED) is 0.793. The van der Waals surface area contributed by atoms with Gasteiger partial charge in [0.25, 0.3) is 0 Å². The Morgan fingerprint density at radius 3 is 2.69 bits per heavy atom. The summed E-state index contributed by atoms with van der Waals surface area (Å²) >= 11 is 0. The van der Waals surface area contributed by atoms with Crippen molar-refractivity contribution >= 4 is 5.91 Å². The van der Waals surface area contributed by atoms with Gasteiger partial charge >= 0.3 is 6.18 Å². The van der Waals surface area contributed by atoms with Crippen molar-refractivity contribution in [2.45, 2.75) is 50.9 Å². The number of carbonyl (C=O) groups is 1. The SMILES string of the molecule is C[C@@H](CN1CCOCC1)NC(=O)CCn1nc(C(F)(F)F)cc1C1CC1. The van der Waals surface area contributed by atoms with E-state index in [2.05, 4.69) is 15.3 Å². The molecule has 1 saturated heterocycles. The van der Waals surface area contributed by atoms with E-state index in [1.807, 2.05) is 6.92 Å². The highest BCUT2D eigenvalue weighted by atomic mass is 19.4. The third kappa shape index (κ3) is 5.20. The van der Waals surface area contributed by atoms with E-state index in [9.17, 15) is 18.0 Å². The molecule has 0 bridgehead atoms. The maximum Gasteiger partial charge on any atom is 0.435 e. The first-order chi connectivity index (χ1) is 12.3. The summed E-state index contributed by atoms with van der Waals surface area (Å²) in [6, 6.07) is 1.10. The predicted octanol–water partition coefficient (Wildman–Crippen LogP) is 2.01. The van der Waals surface area contributed by atoms with Crippen LogP contribution < -0.4 is 5.32 Å². The fraction of sp³-hybridized carbons (Fsp3) is 0.765. The van der Waals surface area contributed by atoms with Gasteiger partial charge in [-0.3, -0.25) is 14.4 Å². The molecule has 26 heavy (non-hydrogen) atoms. The van der Waals surface area contributed by atoms with Crippen LogP contribution in [0.25, 0.3) is 0 Å². The number of halogens is 3. The number of alkyl halides is 3. The Morgan fingerprint density at radius 2 is 2.08 bits per heavy atom. The average Bonchev–Trinajstić information content (AvgIpc) is 3.32. The number of hydrogen-bond donors (Lipinski definition) is 1. The largest absolute Gasteiger partial charge is 0.435 e. The number of hydrogen-bond acceptors (Lipinski definition) is 4. The van der Waals surface area contributed by atoms with E-state index in [4.69, 9.17) is 4.74 Å². The molecule has 0 spiro atoms. The molecule has 1 aromatic heterocycles. The lowest BCUT2D eigenvalue weighted by atomic mass is 10.2. The first kappa shape index (κ1) is 19.2. The van der Waals surface area contributed by atoms with Gasteiger partial charge in [0.15, 0.2) is 5.69 Å². The van der Waals surface area contributed by atoms with E-state index in [1.165, 1.54) is 4.68 Å². The number of ether oxygens (including phenoxy) is 1. The molecule has 2 heterocycles. The van der Waals surface area contributed by atoms with Gasteiger partial charge in [0, 0.05) is 50.3 Å². The number of carbonyl (C=O) groups excluding carboxylic acids is 1. The molecule has 1 aliphatic carbocycles. The van der Waals surface area contributed by atoms with Crippen LogP contribution in [-0.2, 0) is 22.3 Å². The van der Waals surface area contributed by atoms with Gasteiger partial charge in [-0.25, -0.2) is 0 Å². The Bertz CT molecular complexity index is 622. The molecule has 0 aromatic carbocycles. The maximum absolute atomic E-state index is 12.9. The van der Waals surface area contributed by atoms with Gasteiger partial charge in [-0.1, -0.05) is 0 Å². The molecule has 1 aromatic rings. The van der Waals surface area contributed by atoms with Gasteiger partial charge in [-0.05, 0) is 25.8 Å². The van der Waals surface area contributed by atoms with Crippen molar-refractivity contribution in [2.24, 2.45) is 0 Å². The number of nitrogens with zero attached hydrogens (tertiary/aromatic N) is 3. The first-order valence-corrected chi connectivity index (χ1v) is 9.07. The Balaban J connectivity index is 1.50. The molecule has 1 N–H and O–H groups in total. The van der Waals surface area contributed by atoms with Crippen molar-refractivity contribution in [2.75, 3.05) is 32.8 Å². The minimum Gasteiger partial charge on any atom is -0.379 e. The van der Waals surface area contributed by atoms with E-state index in [0.29, 0.717) is 18.9 Å². The molecule has 3 rings (SSSR count). The monoisotopic (exact) mass is 374 g/mol. The van der Waals surface area contributed by atoms with Crippen LogP contribution in [-0.4, -0.2) is 59.5 Å². The van der Waals surface area contributed by atoms with E-state index in [1.54, 1.807) is 0 Å². The molecular formula is C17H25F3N4O2. The van der Waals surface area contributed by atoms with Crippen LogP contribution >= 0.6 is 0 Å². The maximum atomic E-state index is 12.9. The Morgan fingerprint density at radius 1 is 1.38 bits per heavy atom. The number of nitrogens with one attached hydrogen (secondary N) is 1. The van der Waals surface area contributed by atoms with Crippen LogP contribution in [0.15, 0.2) is 6.07 Å². The van der Waals surface area contributed by atoms with Crippen molar-refractivity contribution in [1.29, 1.82) is 0 Å². The van der Waals surface area contributed by atoms with Crippen LogP contribution in [0.5, 0.6) is 0 Å². The lowest BCUT2D eigenvalue weighted by Gasteiger charge is -2.29. The first-order valence-electron chi connectivity index (χ1n) is 9.07. The molecule has 1 saturated carbocycles. The highest BCUT2D eigenvalue weighted by molar-refractivity contribution is 5.76. The van der Waals surface area contributed by atoms with Gasteiger partial charge in [0.05, 0.1) is 13.2 Å². The van der Waals surface area contributed by atoms with E-state index in [-0.39, 0.29) is 30.8 Å². The third-order valence-electron chi connectivity index (χ3n) is 4.69. The molecule has 1 amide bonds. The normalized spacial score (nSPS) is 20.2. The average molecular weight is 374 g/mol. The minimum atomic E-state index is -4.45. The highest BCUT2D eigenvalue weighted by Crippen LogP contribution is 2.42. The minimum absolute atomic E-state index is 0.0214. The van der Waals surface area contributed by atoms with Crippen molar-refractivity contribution in [1.82, 2.24) is 20.0 Å². The second-order valence-electron chi connectivity index (χ2n) is 7.08. The second-order valence-corrected chi connectivity index (χ2v) is 7.08. The summed E-state index contributed by atoms with van der Waals surface area (Å²) < 4.78 is 45.3. The summed E-state index contributed by atoms with van der Waals surface area (Å²) in [6.07, 6.45) is -2.58. The lowest BCUT2D eigenvalue weighted by Crippen LogP contribution is -2.46. The zero-order chi connectivity index (χ0) is 18.7. The number of morpholine rings is 1. The van der Waals surface area contributed by atoms with Gasteiger partial charge in [0.2, 0.25) is 5.91 Å². The molecule has 1 atom stereocenters. The molecule has 2 fully saturated rings. The molecular weight excluding hydrogens is 349 g/mol. The number of rotatable bonds is 7. The van der Waals surface area contributed by atoms with Gasteiger partial charge < -0.3 is 10.1 Å². The van der Waals surface area contributed by atoms with Gasteiger partial charge in [0.1, 0.15) is 0 Å². The van der Waals surface area contributed by atoms with Crippen LogP contribution in [0.2, 0.25) is 0 Å². The molecule has 1 aliphatic heterocycles. The third-order valence-corrected chi connectivity index (χ3v) is 4.69. The molecule has 0 radical (unpaired) electrons. The number of aryl methyl sites for hydroxylation is 1. The molecule has 0 unspecified atom stereocenters. The molecule has 2 aliphatic rings. The van der Waals surface area contributed by atoms with E-state index >= 15 is 0 Å². The van der Waals surface area contributed by atoms with Crippen molar-refractivity contribution in [3.8, 4) is 0 Å². The topological polar surface area (TPSA) is 59.4 Å². The van der Waals surface area contributed by atoms with Crippen molar-refractivity contribution in [3.63, 3.8) is 0 Å². The lowest BCUT2D eigenvalue weighted by molar-refractivity contribution is -0.141. The fourth-order valence-corrected chi connectivity index (χ4v) is 3.23. The predicted molar refractivity (Wildman–Crippen MR) is 88.7 cm³/mol.